The Kier molecular flexibility index (Phi) is 13.1. The molecule has 0 aliphatic heterocycles. The average Bonchev–Trinajstić information content (AvgIpc) is 2.70. The van der Waals surface area contributed by atoms with E-state index in [-0.39, 0.29) is 11.5 Å². The van der Waals surface area contributed by atoms with Crippen LogP contribution in [0.1, 0.15) is 126 Å². The summed E-state index contributed by atoms with van der Waals surface area (Å²) in [6, 6.07) is 0. The normalized spacial score (nSPS) is 11.9. The molecule has 2 amide bonds. The van der Waals surface area contributed by atoms with Gasteiger partial charge in [0.15, 0.2) is 11.5 Å². The molecule has 0 unspecified atom stereocenters. The Balaban J connectivity index is 2.84. The van der Waals surface area contributed by atoms with Crippen molar-refractivity contribution >= 4 is 33.9 Å². The van der Waals surface area contributed by atoms with E-state index in [2.05, 4.69) is 58.5 Å². The molecular formula is C29H46BrN3O4. The van der Waals surface area contributed by atoms with Gasteiger partial charge in [-0.3, -0.25) is 0 Å². The van der Waals surface area contributed by atoms with Gasteiger partial charge in [-0.2, -0.15) is 4.90 Å². The number of hydrogen-bond acceptors (Lipinski definition) is 6. The average molecular weight is 581 g/mol. The maximum absolute atomic E-state index is 13.0. The Hall–Kier alpha value is -2.14. The number of unbranched alkanes of at least 4 members (excludes halogenated alkanes) is 7. The lowest BCUT2D eigenvalue weighted by Crippen LogP contribution is -2.44. The number of carbonyl (C=O) groups excluding carboxylic acids is 2. The van der Waals surface area contributed by atoms with Crippen molar-refractivity contribution in [3.63, 3.8) is 0 Å². The van der Waals surface area contributed by atoms with E-state index >= 15 is 0 Å². The number of ether oxygens (including phenoxy) is 2. The molecule has 0 aromatic carbocycles. The van der Waals surface area contributed by atoms with Gasteiger partial charge in [-0.25, -0.2) is 19.6 Å². The van der Waals surface area contributed by atoms with Gasteiger partial charge in [-0.1, -0.05) is 65.2 Å². The smallest absolute Gasteiger partial charge is 0.425 e. The summed E-state index contributed by atoms with van der Waals surface area (Å²) in [4.78, 5) is 35.4. The number of hydrogen-bond donors (Lipinski definition) is 0. The molecule has 0 spiro atoms. The number of amides is 2. The van der Waals surface area contributed by atoms with Crippen LogP contribution in [0.3, 0.4) is 0 Å². The van der Waals surface area contributed by atoms with Crippen LogP contribution in [-0.4, -0.2) is 33.4 Å². The van der Waals surface area contributed by atoms with Crippen LogP contribution in [-0.2, 0) is 9.47 Å². The van der Waals surface area contributed by atoms with Gasteiger partial charge in [0.25, 0.3) is 0 Å². The van der Waals surface area contributed by atoms with Crippen molar-refractivity contribution in [1.29, 1.82) is 0 Å². The number of aromatic nitrogens is 2. The quantitative estimate of drug-likeness (QED) is 0.214. The fourth-order valence-electron chi connectivity index (χ4n) is 3.37. The molecule has 1 rings (SSSR count). The topological polar surface area (TPSA) is 81.6 Å². The van der Waals surface area contributed by atoms with Gasteiger partial charge in [0, 0.05) is 6.42 Å². The molecule has 0 N–H and O–H groups in total. The molecule has 37 heavy (non-hydrogen) atoms. The minimum absolute atomic E-state index is 0.0190. The van der Waals surface area contributed by atoms with E-state index in [1.807, 2.05) is 0 Å². The van der Waals surface area contributed by atoms with E-state index in [0.717, 1.165) is 17.7 Å². The molecule has 8 heteroatoms. The molecule has 7 nitrogen and oxygen atoms in total. The third-order valence-corrected chi connectivity index (χ3v) is 5.41. The van der Waals surface area contributed by atoms with Crippen LogP contribution in [0.5, 0.6) is 0 Å². The molecule has 0 saturated heterocycles. The van der Waals surface area contributed by atoms with Crippen molar-refractivity contribution in [3.05, 3.63) is 16.5 Å². The van der Waals surface area contributed by atoms with Crippen molar-refractivity contribution < 1.29 is 19.1 Å². The predicted octanol–water partition coefficient (Wildman–Crippen LogP) is 8.82. The third kappa shape index (κ3) is 15.0. The Morgan fingerprint density at radius 1 is 0.838 bits per heavy atom. The summed E-state index contributed by atoms with van der Waals surface area (Å²) in [7, 11) is 0. The summed E-state index contributed by atoms with van der Waals surface area (Å²) in [5.41, 5.74) is -1.02. The van der Waals surface area contributed by atoms with E-state index in [4.69, 9.17) is 9.47 Å². The molecule has 0 radical (unpaired) electrons. The van der Waals surface area contributed by atoms with Gasteiger partial charge in [-0.05, 0) is 81.6 Å². The molecule has 0 atom stereocenters. The number of halogens is 1. The Labute approximate surface area is 232 Å². The summed E-state index contributed by atoms with van der Waals surface area (Å²) in [6.45, 7) is 17.2. The number of carbonyl (C=O) groups is 2. The minimum atomic E-state index is -0.899. The van der Waals surface area contributed by atoms with Gasteiger partial charge >= 0.3 is 12.2 Å². The first-order valence-corrected chi connectivity index (χ1v) is 14.1. The maximum atomic E-state index is 13.0. The molecule has 1 aromatic heterocycles. The van der Waals surface area contributed by atoms with E-state index in [0.29, 0.717) is 16.4 Å². The standard InChI is InChI=1S/C29H46BrN3O4/c1-27(2,3)20-18-16-14-12-10-11-13-15-17-19-22-24(31-21-23(30)32-22)33(25(34)36-28(4,5)6)26(35)37-29(7,8)9/h21H,10-16,18,20H2,1-9H3. The molecule has 0 aliphatic carbocycles. The molecule has 208 valence electrons. The summed E-state index contributed by atoms with van der Waals surface area (Å²) < 4.78 is 11.4. The Bertz CT molecular complexity index is 919. The zero-order valence-electron chi connectivity index (χ0n) is 24.3. The highest BCUT2D eigenvalue weighted by molar-refractivity contribution is 9.10. The van der Waals surface area contributed by atoms with Gasteiger partial charge in [0.1, 0.15) is 15.8 Å². The lowest BCUT2D eigenvalue weighted by molar-refractivity contribution is 0.0428. The second-order valence-corrected chi connectivity index (χ2v) is 13.3. The van der Waals surface area contributed by atoms with Gasteiger partial charge < -0.3 is 9.47 Å². The summed E-state index contributed by atoms with van der Waals surface area (Å²) in [5, 5.41) is 0. The van der Waals surface area contributed by atoms with Crippen LogP contribution in [0.15, 0.2) is 10.8 Å². The van der Waals surface area contributed by atoms with E-state index in [9.17, 15) is 9.59 Å². The van der Waals surface area contributed by atoms with Crippen LogP contribution < -0.4 is 4.90 Å². The monoisotopic (exact) mass is 579 g/mol. The fraction of sp³-hybridized carbons (Fsp3) is 0.724. The number of imide groups is 1. The molecular weight excluding hydrogens is 534 g/mol. The number of nitrogens with zero attached hydrogens (tertiary/aromatic N) is 3. The molecule has 0 bridgehead atoms. The zero-order valence-corrected chi connectivity index (χ0v) is 25.9. The first kappa shape index (κ1) is 32.9. The van der Waals surface area contributed by atoms with Gasteiger partial charge in [0.2, 0.25) is 0 Å². The van der Waals surface area contributed by atoms with E-state index in [1.54, 1.807) is 41.5 Å². The fourth-order valence-corrected chi connectivity index (χ4v) is 3.65. The highest BCUT2D eigenvalue weighted by atomic mass is 79.9. The summed E-state index contributed by atoms with van der Waals surface area (Å²) in [5.74, 6) is 6.10. The second-order valence-electron chi connectivity index (χ2n) is 12.5. The van der Waals surface area contributed by atoms with Crippen LogP contribution >= 0.6 is 15.9 Å². The highest BCUT2D eigenvalue weighted by Crippen LogP contribution is 2.24. The first-order valence-electron chi connectivity index (χ1n) is 13.3. The van der Waals surface area contributed by atoms with Crippen LogP contribution in [0.25, 0.3) is 0 Å². The molecule has 1 aromatic rings. The van der Waals surface area contributed by atoms with Crippen molar-refractivity contribution in [2.24, 2.45) is 5.41 Å². The lowest BCUT2D eigenvalue weighted by Gasteiger charge is -2.28. The number of anilines is 1. The molecule has 1 heterocycles. The molecule has 0 saturated carbocycles. The van der Waals surface area contributed by atoms with Crippen molar-refractivity contribution in [1.82, 2.24) is 9.97 Å². The minimum Gasteiger partial charge on any atom is -0.443 e. The maximum Gasteiger partial charge on any atom is 0.425 e. The summed E-state index contributed by atoms with van der Waals surface area (Å²) in [6.07, 6.45) is 10.0. The van der Waals surface area contributed by atoms with Crippen LogP contribution in [0, 0.1) is 17.3 Å². The lowest BCUT2D eigenvalue weighted by atomic mass is 9.89. The Morgan fingerprint density at radius 2 is 1.32 bits per heavy atom. The first-order chi connectivity index (χ1) is 17.0. The summed E-state index contributed by atoms with van der Waals surface area (Å²) >= 11 is 3.30. The highest BCUT2D eigenvalue weighted by Gasteiger charge is 2.35. The zero-order chi connectivity index (χ0) is 28.3. The predicted molar refractivity (Wildman–Crippen MR) is 153 cm³/mol. The molecule has 0 fully saturated rings. The van der Waals surface area contributed by atoms with Gasteiger partial charge in [-0.15, -0.1) is 0 Å². The third-order valence-electron chi connectivity index (χ3n) is 5.02. The van der Waals surface area contributed by atoms with Crippen LogP contribution in [0.2, 0.25) is 0 Å². The van der Waals surface area contributed by atoms with E-state index < -0.39 is 23.4 Å². The van der Waals surface area contributed by atoms with Gasteiger partial charge in [0.05, 0.1) is 6.20 Å². The van der Waals surface area contributed by atoms with Crippen molar-refractivity contribution in [3.8, 4) is 11.8 Å². The SMILES string of the molecule is CC(C)(C)CCCCCCCCCC#Cc1nc(Br)cnc1N(C(=O)OC(C)(C)C)C(=O)OC(C)(C)C. The van der Waals surface area contributed by atoms with Crippen molar-refractivity contribution in [2.45, 2.75) is 131 Å². The number of rotatable bonds is 9. The Morgan fingerprint density at radius 3 is 1.81 bits per heavy atom. The largest absolute Gasteiger partial charge is 0.443 e. The second kappa shape index (κ2) is 14.7. The van der Waals surface area contributed by atoms with Crippen LogP contribution in [0.4, 0.5) is 15.4 Å². The molecule has 0 aliphatic rings. The van der Waals surface area contributed by atoms with Crippen molar-refractivity contribution in [2.75, 3.05) is 4.90 Å². The van der Waals surface area contributed by atoms with E-state index in [1.165, 1.54) is 44.7 Å².